The standard InChI is InChI=1S/C26H27F6N3O2S/c27-25(28,29)23-17(5-7-22(36)35-12-14-37-15-13-35)4-6-21(24(23)26(30,31)32)38-20-3-1-2-19(16-20)34-18-8-10-33-11-9-18/h1-7,16,18,33-34H,8-15H2/b7-5+. The molecule has 0 spiro atoms. The van der Waals surface area contributed by atoms with Crippen molar-refractivity contribution < 1.29 is 35.9 Å². The molecule has 2 aliphatic rings. The van der Waals surface area contributed by atoms with Crippen molar-refractivity contribution in [2.24, 2.45) is 0 Å². The molecule has 12 heteroatoms. The third kappa shape index (κ3) is 7.23. The van der Waals surface area contributed by atoms with Crippen molar-refractivity contribution in [2.75, 3.05) is 44.7 Å². The Morgan fingerprint density at radius 2 is 1.68 bits per heavy atom. The fourth-order valence-corrected chi connectivity index (χ4v) is 5.48. The minimum Gasteiger partial charge on any atom is -0.382 e. The normalized spacial score (nSPS) is 17.7. The number of rotatable bonds is 6. The Hall–Kier alpha value is -2.70. The zero-order valence-electron chi connectivity index (χ0n) is 20.3. The van der Waals surface area contributed by atoms with Crippen LogP contribution in [-0.4, -0.2) is 56.2 Å². The van der Waals surface area contributed by atoms with Gasteiger partial charge in [0.1, 0.15) is 0 Å². The van der Waals surface area contributed by atoms with Crippen molar-refractivity contribution >= 4 is 29.4 Å². The highest BCUT2D eigenvalue weighted by Crippen LogP contribution is 2.48. The van der Waals surface area contributed by atoms with Gasteiger partial charge in [-0.05, 0) is 61.8 Å². The number of nitrogens with one attached hydrogen (secondary N) is 2. The smallest absolute Gasteiger partial charge is 0.382 e. The number of hydrogen-bond donors (Lipinski definition) is 2. The molecule has 0 aromatic heterocycles. The maximum Gasteiger partial charge on any atom is 0.418 e. The fourth-order valence-electron chi connectivity index (χ4n) is 4.44. The van der Waals surface area contributed by atoms with Gasteiger partial charge < -0.3 is 20.3 Å². The van der Waals surface area contributed by atoms with Crippen LogP contribution in [-0.2, 0) is 21.9 Å². The van der Waals surface area contributed by atoms with Gasteiger partial charge >= 0.3 is 12.4 Å². The molecule has 2 fully saturated rings. The topological polar surface area (TPSA) is 53.6 Å². The molecule has 2 aromatic rings. The van der Waals surface area contributed by atoms with Gasteiger partial charge in [0.2, 0.25) is 5.91 Å². The van der Waals surface area contributed by atoms with Gasteiger partial charge in [0.05, 0.1) is 24.3 Å². The number of halogens is 6. The lowest BCUT2D eigenvalue weighted by Gasteiger charge is -2.25. The number of ether oxygens (including phenoxy) is 1. The van der Waals surface area contributed by atoms with E-state index in [1.807, 2.05) is 0 Å². The molecule has 2 aromatic carbocycles. The number of hydrogen-bond acceptors (Lipinski definition) is 5. The summed E-state index contributed by atoms with van der Waals surface area (Å²) in [5, 5.41) is 6.59. The molecule has 0 aliphatic carbocycles. The molecule has 0 unspecified atom stereocenters. The average molecular weight is 560 g/mol. The molecule has 2 N–H and O–H groups in total. The molecule has 0 saturated carbocycles. The van der Waals surface area contributed by atoms with Gasteiger partial charge in [0.15, 0.2) is 0 Å². The van der Waals surface area contributed by atoms with E-state index in [4.69, 9.17) is 4.74 Å². The molecule has 206 valence electrons. The first-order valence-electron chi connectivity index (χ1n) is 12.1. The number of nitrogens with zero attached hydrogens (tertiary/aromatic N) is 1. The highest BCUT2D eigenvalue weighted by Gasteiger charge is 2.46. The summed E-state index contributed by atoms with van der Waals surface area (Å²) in [5.74, 6) is -0.591. The predicted octanol–water partition coefficient (Wildman–Crippen LogP) is 5.91. The largest absolute Gasteiger partial charge is 0.418 e. The summed E-state index contributed by atoms with van der Waals surface area (Å²) in [7, 11) is 0. The van der Waals surface area contributed by atoms with E-state index >= 15 is 0 Å². The van der Waals surface area contributed by atoms with Crippen LogP contribution in [0.5, 0.6) is 0 Å². The zero-order chi connectivity index (χ0) is 27.3. The molecule has 2 heterocycles. The van der Waals surface area contributed by atoms with Crippen molar-refractivity contribution in [3.05, 3.63) is 59.2 Å². The van der Waals surface area contributed by atoms with Crippen molar-refractivity contribution in [2.45, 2.75) is 41.0 Å². The Morgan fingerprint density at radius 3 is 2.34 bits per heavy atom. The molecule has 1 amide bonds. The van der Waals surface area contributed by atoms with Crippen LogP contribution in [0.1, 0.15) is 29.5 Å². The molecule has 0 radical (unpaired) electrons. The maximum atomic E-state index is 14.2. The highest BCUT2D eigenvalue weighted by atomic mass is 32.2. The number of benzene rings is 2. The Balaban J connectivity index is 1.66. The molecule has 2 aliphatic heterocycles. The van der Waals surface area contributed by atoms with Crippen LogP contribution in [0, 0.1) is 0 Å². The predicted molar refractivity (Wildman–Crippen MR) is 133 cm³/mol. The lowest BCUT2D eigenvalue weighted by atomic mass is 9.99. The van der Waals surface area contributed by atoms with E-state index < -0.39 is 39.8 Å². The van der Waals surface area contributed by atoms with Crippen molar-refractivity contribution in [1.29, 1.82) is 0 Å². The minimum atomic E-state index is -5.30. The van der Waals surface area contributed by atoms with E-state index in [-0.39, 0.29) is 32.3 Å². The molecule has 0 bridgehead atoms. The van der Waals surface area contributed by atoms with Crippen LogP contribution in [0.15, 0.2) is 52.3 Å². The summed E-state index contributed by atoms with van der Waals surface area (Å²) in [5.41, 5.74) is -3.62. The van der Waals surface area contributed by atoms with Crippen molar-refractivity contribution in [3.63, 3.8) is 0 Å². The summed E-state index contributed by atoms with van der Waals surface area (Å²) in [6.07, 6.45) is -7.15. The third-order valence-corrected chi connectivity index (χ3v) is 7.32. The van der Waals surface area contributed by atoms with Crippen LogP contribution in [0.3, 0.4) is 0 Å². The van der Waals surface area contributed by atoms with Gasteiger partial charge in [-0.15, -0.1) is 0 Å². The highest BCUT2D eigenvalue weighted by molar-refractivity contribution is 7.99. The first kappa shape index (κ1) is 28.3. The van der Waals surface area contributed by atoms with Gasteiger partial charge in [-0.3, -0.25) is 4.79 Å². The van der Waals surface area contributed by atoms with Crippen LogP contribution < -0.4 is 10.6 Å². The van der Waals surface area contributed by atoms with Gasteiger partial charge in [-0.25, -0.2) is 0 Å². The monoisotopic (exact) mass is 559 g/mol. The van der Waals surface area contributed by atoms with Gasteiger partial charge in [-0.2, -0.15) is 26.3 Å². The van der Waals surface area contributed by atoms with E-state index in [1.165, 1.54) is 4.90 Å². The summed E-state index contributed by atoms with van der Waals surface area (Å²) < 4.78 is 89.9. The Bertz CT molecular complexity index is 1160. The lowest BCUT2D eigenvalue weighted by molar-refractivity contribution is -0.163. The van der Waals surface area contributed by atoms with Crippen molar-refractivity contribution in [3.8, 4) is 0 Å². The minimum absolute atomic E-state index is 0.199. The molecule has 38 heavy (non-hydrogen) atoms. The van der Waals surface area contributed by atoms with Gasteiger partial charge in [0.25, 0.3) is 0 Å². The molecule has 5 nitrogen and oxygen atoms in total. The van der Waals surface area contributed by atoms with Crippen LogP contribution >= 0.6 is 11.8 Å². The van der Waals surface area contributed by atoms with Crippen LogP contribution in [0.25, 0.3) is 6.08 Å². The van der Waals surface area contributed by atoms with E-state index in [0.717, 1.165) is 50.2 Å². The molecule has 4 rings (SSSR count). The lowest BCUT2D eigenvalue weighted by Crippen LogP contribution is -2.39. The second kappa shape index (κ2) is 12.0. The quantitative estimate of drug-likeness (QED) is 0.341. The number of carbonyl (C=O) groups is 1. The van der Waals surface area contributed by atoms with E-state index in [1.54, 1.807) is 24.3 Å². The Morgan fingerprint density at radius 1 is 1.00 bits per heavy atom. The van der Waals surface area contributed by atoms with E-state index in [2.05, 4.69) is 10.6 Å². The third-order valence-electron chi connectivity index (χ3n) is 6.27. The number of piperidine rings is 1. The van der Waals surface area contributed by atoms with E-state index in [9.17, 15) is 31.1 Å². The summed E-state index contributed by atoms with van der Waals surface area (Å²) in [4.78, 5) is 13.5. The van der Waals surface area contributed by atoms with Crippen LogP contribution in [0.4, 0.5) is 32.0 Å². The summed E-state index contributed by atoms with van der Waals surface area (Å²) in [6.45, 7) is 2.77. The molecule has 0 atom stereocenters. The molecular weight excluding hydrogens is 532 g/mol. The average Bonchev–Trinajstić information content (AvgIpc) is 2.87. The number of morpholine rings is 1. The second-order valence-corrected chi connectivity index (χ2v) is 10.1. The molecular formula is C26H27F6N3O2S. The fraction of sp³-hybridized carbons (Fsp3) is 0.423. The second-order valence-electron chi connectivity index (χ2n) is 8.97. The van der Waals surface area contributed by atoms with E-state index in [0.29, 0.717) is 22.3 Å². The Kier molecular flexibility index (Phi) is 8.94. The number of amides is 1. The van der Waals surface area contributed by atoms with Crippen molar-refractivity contribution in [1.82, 2.24) is 10.2 Å². The SMILES string of the molecule is O=C(/C=C/c1ccc(Sc2cccc(NC3CCNCC3)c2)c(C(F)(F)F)c1C(F)(F)F)N1CCOCC1. The number of anilines is 1. The Labute approximate surface area is 220 Å². The number of carbonyl (C=O) groups excluding carboxylic acids is 1. The summed E-state index contributed by atoms with van der Waals surface area (Å²) >= 11 is 0.618. The summed E-state index contributed by atoms with van der Waals surface area (Å²) in [6, 6.07) is 8.81. The van der Waals surface area contributed by atoms with Gasteiger partial charge in [0, 0.05) is 40.7 Å². The number of alkyl halides is 6. The zero-order valence-corrected chi connectivity index (χ0v) is 21.1. The van der Waals surface area contributed by atoms with Crippen LogP contribution in [0.2, 0.25) is 0 Å². The molecule has 2 saturated heterocycles. The van der Waals surface area contributed by atoms with Gasteiger partial charge in [-0.1, -0.05) is 23.9 Å². The first-order valence-corrected chi connectivity index (χ1v) is 13.0. The first-order chi connectivity index (χ1) is 18.0. The maximum absolute atomic E-state index is 14.2.